The highest BCUT2D eigenvalue weighted by Gasteiger charge is 2.44. The molecular formula is C23H35N3O3. The predicted octanol–water partition coefficient (Wildman–Crippen LogP) is 2.99. The molecule has 3 rings (SSSR count). The molecule has 0 spiro atoms. The molecule has 0 unspecified atom stereocenters. The van der Waals surface area contributed by atoms with Crippen molar-refractivity contribution in [2.45, 2.75) is 58.0 Å². The van der Waals surface area contributed by atoms with Gasteiger partial charge in [0, 0.05) is 32.1 Å². The van der Waals surface area contributed by atoms with Gasteiger partial charge in [-0.15, -0.1) is 0 Å². The second-order valence-corrected chi connectivity index (χ2v) is 8.19. The lowest BCUT2D eigenvalue weighted by atomic mass is 9.91. The van der Waals surface area contributed by atoms with Gasteiger partial charge >= 0.3 is 0 Å². The van der Waals surface area contributed by atoms with Crippen molar-refractivity contribution >= 4 is 11.8 Å². The highest BCUT2D eigenvalue weighted by Crippen LogP contribution is 2.39. The van der Waals surface area contributed by atoms with Gasteiger partial charge in [0.2, 0.25) is 11.8 Å². The van der Waals surface area contributed by atoms with Crippen LogP contribution in [0.5, 0.6) is 5.75 Å². The standard InChI is InChI=1S/C23H35N3O3/c1-4-6-13-26-21(27)16-20(22(26)17-7-9-19(29-3)10-8-17)23(28)24-18-11-14-25(5-2)15-12-18/h7-10,18,20,22H,4-6,11-16H2,1-3H3,(H,24,28)/t20-,22+/m0/s1. The summed E-state index contributed by atoms with van der Waals surface area (Å²) < 4.78 is 5.27. The average Bonchev–Trinajstić information content (AvgIpc) is 3.09. The van der Waals surface area contributed by atoms with E-state index in [9.17, 15) is 9.59 Å². The summed E-state index contributed by atoms with van der Waals surface area (Å²) in [5, 5.41) is 3.26. The number of ether oxygens (including phenoxy) is 1. The summed E-state index contributed by atoms with van der Waals surface area (Å²) in [6.45, 7) is 8.10. The molecular weight excluding hydrogens is 366 g/mol. The highest BCUT2D eigenvalue weighted by molar-refractivity contribution is 5.90. The van der Waals surface area contributed by atoms with E-state index in [-0.39, 0.29) is 29.8 Å². The van der Waals surface area contributed by atoms with Crippen LogP contribution in [0.1, 0.15) is 57.6 Å². The van der Waals surface area contributed by atoms with Crippen LogP contribution in [-0.4, -0.2) is 60.9 Å². The van der Waals surface area contributed by atoms with Crippen LogP contribution in [0.15, 0.2) is 24.3 Å². The zero-order valence-electron chi connectivity index (χ0n) is 18.0. The Bertz CT molecular complexity index is 683. The summed E-state index contributed by atoms with van der Waals surface area (Å²) in [6.07, 6.45) is 4.22. The smallest absolute Gasteiger partial charge is 0.226 e. The Morgan fingerprint density at radius 3 is 2.45 bits per heavy atom. The number of unbranched alkanes of at least 4 members (excludes halogenated alkanes) is 1. The van der Waals surface area contributed by atoms with Crippen molar-refractivity contribution in [2.75, 3.05) is 33.3 Å². The summed E-state index contributed by atoms with van der Waals surface area (Å²) >= 11 is 0. The second-order valence-electron chi connectivity index (χ2n) is 8.19. The molecule has 160 valence electrons. The molecule has 0 aliphatic carbocycles. The van der Waals surface area contributed by atoms with Gasteiger partial charge in [0.15, 0.2) is 0 Å². The van der Waals surface area contributed by atoms with Crippen molar-refractivity contribution in [3.63, 3.8) is 0 Å². The van der Waals surface area contributed by atoms with Crippen LogP contribution in [0.4, 0.5) is 0 Å². The van der Waals surface area contributed by atoms with Gasteiger partial charge in [0.05, 0.1) is 19.1 Å². The Morgan fingerprint density at radius 2 is 1.86 bits per heavy atom. The number of likely N-dealkylation sites (tertiary alicyclic amines) is 2. The fourth-order valence-corrected chi connectivity index (χ4v) is 4.53. The number of carbonyl (C=O) groups excluding carboxylic acids is 2. The van der Waals surface area contributed by atoms with Crippen molar-refractivity contribution < 1.29 is 14.3 Å². The molecule has 29 heavy (non-hydrogen) atoms. The maximum absolute atomic E-state index is 13.2. The molecule has 2 aliphatic rings. The quantitative estimate of drug-likeness (QED) is 0.727. The van der Waals surface area contributed by atoms with E-state index in [0.717, 1.165) is 56.6 Å². The normalized spacial score (nSPS) is 23.4. The van der Waals surface area contributed by atoms with Crippen LogP contribution in [0.2, 0.25) is 0 Å². The molecule has 0 saturated carbocycles. The monoisotopic (exact) mass is 401 g/mol. The largest absolute Gasteiger partial charge is 0.497 e. The third kappa shape index (κ3) is 5.10. The van der Waals surface area contributed by atoms with Crippen LogP contribution in [-0.2, 0) is 9.59 Å². The number of hydrogen-bond donors (Lipinski definition) is 1. The fourth-order valence-electron chi connectivity index (χ4n) is 4.53. The van der Waals surface area contributed by atoms with E-state index in [1.807, 2.05) is 29.2 Å². The lowest BCUT2D eigenvalue weighted by molar-refractivity contribution is -0.129. The molecule has 2 atom stereocenters. The zero-order valence-corrected chi connectivity index (χ0v) is 18.0. The Hall–Kier alpha value is -2.08. The van der Waals surface area contributed by atoms with E-state index < -0.39 is 0 Å². The van der Waals surface area contributed by atoms with Gasteiger partial charge in [-0.2, -0.15) is 0 Å². The lowest BCUT2D eigenvalue weighted by Gasteiger charge is -2.33. The van der Waals surface area contributed by atoms with E-state index in [0.29, 0.717) is 13.0 Å². The molecule has 2 fully saturated rings. The first-order valence-electron chi connectivity index (χ1n) is 11.0. The minimum absolute atomic E-state index is 0.0214. The summed E-state index contributed by atoms with van der Waals surface area (Å²) in [5.41, 5.74) is 1.01. The van der Waals surface area contributed by atoms with E-state index in [4.69, 9.17) is 4.74 Å². The fraction of sp³-hybridized carbons (Fsp3) is 0.652. The summed E-state index contributed by atoms with van der Waals surface area (Å²) in [4.78, 5) is 30.3. The first-order valence-corrected chi connectivity index (χ1v) is 11.0. The van der Waals surface area contributed by atoms with Gasteiger partial charge in [-0.05, 0) is 43.5 Å². The number of nitrogens with zero attached hydrogens (tertiary/aromatic N) is 2. The predicted molar refractivity (Wildman–Crippen MR) is 114 cm³/mol. The lowest BCUT2D eigenvalue weighted by Crippen LogP contribution is -2.47. The Labute approximate surface area is 174 Å². The molecule has 1 aromatic carbocycles. The highest BCUT2D eigenvalue weighted by atomic mass is 16.5. The first-order chi connectivity index (χ1) is 14.1. The van der Waals surface area contributed by atoms with E-state index in [1.54, 1.807) is 7.11 Å². The van der Waals surface area contributed by atoms with E-state index >= 15 is 0 Å². The summed E-state index contributed by atoms with van der Waals surface area (Å²) in [6, 6.07) is 7.80. The number of piperidine rings is 1. The molecule has 2 aliphatic heterocycles. The number of carbonyl (C=O) groups is 2. The van der Waals surface area contributed by atoms with Gasteiger partial charge in [0.25, 0.3) is 0 Å². The molecule has 2 heterocycles. The third-order valence-corrected chi connectivity index (χ3v) is 6.36. The Balaban J connectivity index is 1.75. The van der Waals surface area contributed by atoms with Crippen molar-refractivity contribution in [2.24, 2.45) is 5.92 Å². The zero-order chi connectivity index (χ0) is 20.8. The number of amides is 2. The van der Waals surface area contributed by atoms with Gasteiger partial charge < -0.3 is 19.9 Å². The molecule has 6 heteroatoms. The average molecular weight is 402 g/mol. The van der Waals surface area contributed by atoms with Crippen LogP contribution in [0.3, 0.4) is 0 Å². The first kappa shape index (κ1) is 21.6. The molecule has 1 aromatic rings. The van der Waals surface area contributed by atoms with Gasteiger partial charge in [-0.25, -0.2) is 0 Å². The third-order valence-electron chi connectivity index (χ3n) is 6.36. The maximum atomic E-state index is 13.2. The van der Waals surface area contributed by atoms with Crippen LogP contribution in [0.25, 0.3) is 0 Å². The number of methoxy groups -OCH3 is 1. The number of hydrogen-bond acceptors (Lipinski definition) is 4. The SMILES string of the molecule is CCCCN1C(=O)C[C@H](C(=O)NC2CCN(CC)CC2)[C@H]1c1ccc(OC)cc1. The number of nitrogens with one attached hydrogen (secondary N) is 1. The van der Waals surface area contributed by atoms with Gasteiger partial charge in [-0.1, -0.05) is 32.4 Å². The van der Waals surface area contributed by atoms with Crippen molar-refractivity contribution in [3.05, 3.63) is 29.8 Å². The molecule has 2 amide bonds. The minimum Gasteiger partial charge on any atom is -0.497 e. The van der Waals surface area contributed by atoms with Crippen molar-refractivity contribution in [1.29, 1.82) is 0 Å². The number of rotatable bonds is 8. The van der Waals surface area contributed by atoms with Crippen molar-refractivity contribution in [1.82, 2.24) is 15.1 Å². The topological polar surface area (TPSA) is 61.9 Å². The minimum atomic E-state index is -0.336. The molecule has 0 aromatic heterocycles. The van der Waals surface area contributed by atoms with Crippen LogP contribution < -0.4 is 10.1 Å². The summed E-state index contributed by atoms with van der Waals surface area (Å²) in [7, 11) is 1.64. The van der Waals surface area contributed by atoms with E-state index in [2.05, 4.69) is 24.1 Å². The Kier molecular flexibility index (Phi) is 7.53. The molecule has 2 saturated heterocycles. The van der Waals surface area contributed by atoms with Gasteiger partial charge in [-0.3, -0.25) is 9.59 Å². The van der Waals surface area contributed by atoms with Crippen molar-refractivity contribution in [3.8, 4) is 5.75 Å². The maximum Gasteiger partial charge on any atom is 0.226 e. The second kappa shape index (κ2) is 10.1. The van der Waals surface area contributed by atoms with Crippen LogP contribution >= 0.6 is 0 Å². The van der Waals surface area contributed by atoms with E-state index in [1.165, 1.54) is 0 Å². The molecule has 6 nitrogen and oxygen atoms in total. The molecule has 1 N–H and O–H groups in total. The molecule has 0 bridgehead atoms. The molecule has 0 radical (unpaired) electrons. The number of benzene rings is 1. The van der Waals surface area contributed by atoms with Crippen LogP contribution in [0, 0.1) is 5.92 Å². The summed E-state index contributed by atoms with van der Waals surface area (Å²) in [5.74, 6) is 0.548. The Morgan fingerprint density at radius 1 is 1.17 bits per heavy atom. The van der Waals surface area contributed by atoms with Gasteiger partial charge in [0.1, 0.15) is 5.75 Å².